The minimum atomic E-state index is -0.423. The normalized spacial score (nSPS) is 11.6. The fraction of sp³-hybridized carbons (Fsp3) is 0.405. The number of hydrogen-bond acceptors (Lipinski definition) is 8. The van der Waals surface area contributed by atoms with Crippen LogP contribution in [0.5, 0.6) is 0 Å². The molecule has 2 heterocycles. The van der Waals surface area contributed by atoms with E-state index in [1.807, 2.05) is 53.9 Å². The number of nitrogens with zero attached hydrogens (tertiary/aromatic N) is 6. The monoisotopic (exact) mass is 664 g/mol. The largest absolute Gasteiger partial charge is 0.384 e. The average Bonchev–Trinajstić information content (AvgIpc) is 3.57. The van der Waals surface area contributed by atoms with Gasteiger partial charge in [0, 0.05) is 97.2 Å². The van der Waals surface area contributed by atoms with Gasteiger partial charge in [-0.3, -0.25) is 29.6 Å². The summed E-state index contributed by atoms with van der Waals surface area (Å²) in [5.74, 6) is 12.9. The molecular weight excluding hydrogens is 620 g/mol. The van der Waals surface area contributed by atoms with Crippen LogP contribution in [-0.4, -0.2) is 42.5 Å². The third-order valence-electron chi connectivity index (χ3n) is 7.25. The van der Waals surface area contributed by atoms with E-state index in [-0.39, 0.29) is 27.6 Å². The molecular formula is C37H44N8O4. The molecule has 0 amide bonds. The minimum absolute atomic E-state index is 0.0476. The zero-order valence-corrected chi connectivity index (χ0v) is 29.8. The van der Waals surface area contributed by atoms with Crippen LogP contribution in [0.2, 0.25) is 0 Å². The molecule has 0 bridgehead atoms. The SMILES string of the molecule is Cn1cc(C#CC(C)(C)C)c(-c2cc([N+](=O)[O-])ccc2NCC(C)(C)CNc2ccc([N+](=O)[O-])cc2-c2nn(C)cc2C#CC(C)(C)C)n1. The van der Waals surface area contributed by atoms with Gasteiger partial charge in [0.05, 0.1) is 21.0 Å². The Morgan fingerprint density at radius 1 is 0.673 bits per heavy atom. The zero-order chi connectivity index (χ0) is 36.3. The summed E-state index contributed by atoms with van der Waals surface area (Å²) in [6.07, 6.45) is 3.63. The molecule has 0 saturated carbocycles. The summed E-state index contributed by atoms with van der Waals surface area (Å²) in [6, 6.07) is 9.38. The van der Waals surface area contributed by atoms with E-state index in [1.54, 1.807) is 35.6 Å². The first kappa shape index (κ1) is 36.2. The van der Waals surface area contributed by atoms with Crippen LogP contribution in [-0.2, 0) is 14.1 Å². The summed E-state index contributed by atoms with van der Waals surface area (Å²) in [7, 11) is 3.59. The van der Waals surface area contributed by atoms with E-state index in [0.717, 1.165) is 0 Å². The quantitative estimate of drug-likeness (QED) is 0.0999. The summed E-state index contributed by atoms with van der Waals surface area (Å²) in [6.45, 7) is 17.2. The molecule has 4 rings (SSSR count). The second-order valence-electron chi connectivity index (χ2n) is 15.0. The zero-order valence-electron chi connectivity index (χ0n) is 29.8. The summed E-state index contributed by atoms with van der Waals surface area (Å²) in [5.41, 5.74) is 4.04. The third kappa shape index (κ3) is 9.71. The van der Waals surface area contributed by atoms with Crippen molar-refractivity contribution in [3.05, 3.63) is 80.1 Å². The van der Waals surface area contributed by atoms with E-state index >= 15 is 0 Å². The average molecular weight is 665 g/mol. The molecule has 256 valence electrons. The molecule has 0 atom stereocenters. The van der Waals surface area contributed by atoms with Crippen molar-refractivity contribution in [3.63, 3.8) is 0 Å². The molecule has 2 aromatic carbocycles. The minimum Gasteiger partial charge on any atom is -0.384 e. The fourth-order valence-electron chi connectivity index (χ4n) is 4.79. The Balaban J connectivity index is 1.64. The van der Waals surface area contributed by atoms with Gasteiger partial charge in [-0.25, -0.2) is 0 Å². The molecule has 0 radical (unpaired) electrons. The van der Waals surface area contributed by atoms with Crippen molar-refractivity contribution in [1.82, 2.24) is 19.6 Å². The van der Waals surface area contributed by atoms with Crippen molar-refractivity contribution in [3.8, 4) is 46.2 Å². The predicted octanol–water partition coefficient (Wildman–Crippen LogP) is 7.65. The summed E-state index contributed by atoms with van der Waals surface area (Å²) >= 11 is 0. The lowest BCUT2D eigenvalue weighted by molar-refractivity contribution is -0.385. The molecule has 0 aliphatic rings. The van der Waals surface area contributed by atoms with E-state index in [1.165, 1.54) is 24.3 Å². The molecule has 0 spiro atoms. The van der Waals surface area contributed by atoms with Crippen LogP contribution in [0.25, 0.3) is 22.5 Å². The maximum Gasteiger partial charge on any atom is 0.270 e. The van der Waals surface area contributed by atoms with Crippen molar-refractivity contribution >= 4 is 22.7 Å². The van der Waals surface area contributed by atoms with Crippen LogP contribution in [0.1, 0.15) is 66.5 Å². The Morgan fingerprint density at radius 3 is 1.37 bits per heavy atom. The molecule has 0 saturated heterocycles. The number of aromatic nitrogens is 4. The Bertz CT molecular complexity index is 1870. The Kier molecular flexibility index (Phi) is 10.2. The van der Waals surface area contributed by atoms with Gasteiger partial charge in [-0.2, -0.15) is 10.2 Å². The Morgan fingerprint density at radius 2 is 1.04 bits per heavy atom. The molecule has 0 fully saturated rings. The van der Waals surface area contributed by atoms with E-state index < -0.39 is 9.85 Å². The topological polar surface area (TPSA) is 146 Å². The summed E-state index contributed by atoms with van der Waals surface area (Å²) in [5, 5.41) is 39.7. The number of non-ortho nitro benzene ring substituents is 2. The van der Waals surface area contributed by atoms with Crippen molar-refractivity contribution in [1.29, 1.82) is 0 Å². The third-order valence-corrected chi connectivity index (χ3v) is 7.25. The van der Waals surface area contributed by atoms with Gasteiger partial charge < -0.3 is 10.6 Å². The molecule has 0 aliphatic heterocycles. The van der Waals surface area contributed by atoms with Gasteiger partial charge in [0.25, 0.3) is 11.4 Å². The van der Waals surface area contributed by atoms with Gasteiger partial charge in [-0.15, -0.1) is 0 Å². The van der Waals surface area contributed by atoms with E-state index in [0.29, 0.717) is 58.1 Å². The summed E-state index contributed by atoms with van der Waals surface area (Å²) in [4.78, 5) is 22.6. The van der Waals surface area contributed by atoms with Gasteiger partial charge in [0.2, 0.25) is 0 Å². The van der Waals surface area contributed by atoms with Crippen LogP contribution in [0.3, 0.4) is 0 Å². The first-order valence-electron chi connectivity index (χ1n) is 15.9. The number of benzene rings is 2. The first-order chi connectivity index (χ1) is 22.7. The smallest absolute Gasteiger partial charge is 0.270 e. The highest BCUT2D eigenvalue weighted by molar-refractivity contribution is 5.82. The van der Waals surface area contributed by atoms with Crippen LogP contribution >= 0.6 is 0 Å². The number of nitro groups is 2. The van der Waals surface area contributed by atoms with Gasteiger partial charge in [0.1, 0.15) is 11.4 Å². The van der Waals surface area contributed by atoms with Crippen molar-refractivity contribution in [2.24, 2.45) is 30.3 Å². The maximum atomic E-state index is 11.7. The molecule has 4 aromatic rings. The van der Waals surface area contributed by atoms with Gasteiger partial charge >= 0.3 is 0 Å². The lowest BCUT2D eigenvalue weighted by Crippen LogP contribution is -2.31. The standard InChI is InChI=1S/C37H44N8O4/c1-35(2,3)17-15-25-21-42(9)40-33(25)29-19-27(44(46)47)11-13-31(29)38-23-37(7,8)24-39-32-14-12-28(45(48)49)20-30(32)34-26(22-43(10)41-34)16-18-36(4,5)6/h11-14,19-22,38-39H,23-24H2,1-10H3. The first-order valence-corrected chi connectivity index (χ1v) is 15.9. The highest BCUT2D eigenvalue weighted by Crippen LogP contribution is 2.36. The molecule has 49 heavy (non-hydrogen) atoms. The molecule has 2 N–H and O–H groups in total. The number of aryl methyl sites for hydroxylation is 2. The van der Waals surface area contributed by atoms with Crippen LogP contribution in [0.4, 0.5) is 22.7 Å². The number of rotatable bonds is 10. The van der Waals surface area contributed by atoms with E-state index in [9.17, 15) is 20.2 Å². The van der Waals surface area contributed by atoms with E-state index in [4.69, 9.17) is 0 Å². The van der Waals surface area contributed by atoms with Crippen LogP contribution in [0.15, 0.2) is 48.8 Å². The Hall–Kier alpha value is -5.62. The second kappa shape index (κ2) is 13.9. The number of nitro benzene ring substituents is 2. The van der Waals surface area contributed by atoms with Crippen LogP contribution < -0.4 is 10.6 Å². The lowest BCUT2D eigenvalue weighted by atomic mass is 9.92. The predicted molar refractivity (Wildman–Crippen MR) is 194 cm³/mol. The van der Waals surface area contributed by atoms with Crippen molar-refractivity contribution in [2.75, 3.05) is 23.7 Å². The number of anilines is 2. The van der Waals surface area contributed by atoms with Crippen LogP contribution in [0, 0.1) is 60.2 Å². The highest BCUT2D eigenvalue weighted by Gasteiger charge is 2.24. The Labute approximate surface area is 287 Å². The van der Waals surface area contributed by atoms with Crippen molar-refractivity contribution in [2.45, 2.75) is 55.4 Å². The molecule has 0 unspecified atom stereocenters. The number of nitrogens with one attached hydrogen (secondary N) is 2. The second-order valence-corrected chi connectivity index (χ2v) is 15.0. The molecule has 12 nitrogen and oxygen atoms in total. The van der Waals surface area contributed by atoms with Crippen molar-refractivity contribution < 1.29 is 9.85 Å². The highest BCUT2D eigenvalue weighted by atomic mass is 16.6. The molecule has 2 aromatic heterocycles. The van der Waals surface area contributed by atoms with E-state index in [2.05, 4.69) is 58.4 Å². The maximum absolute atomic E-state index is 11.7. The number of hydrogen-bond donors (Lipinski definition) is 2. The van der Waals surface area contributed by atoms with Gasteiger partial charge in [-0.05, 0) is 59.1 Å². The molecule has 0 aliphatic carbocycles. The van der Waals surface area contributed by atoms with Gasteiger partial charge in [0.15, 0.2) is 0 Å². The van der Waals surface area contributed by atoms with Gasteiger partial charge in [-0.1, -0.05) is 37.5 Å². The molecule has 12 heteroatoms. The fourth-order valence-corrected chi connectivity index (χ4v) is 4.79. The summed E-state index contributed by atoms with van der Waals surface area (Å²) < 4.78 is 3.31. The lowest BCUT2D eigenvalue weighted by Gasteiger charge is -2.27.